The maximum absolute atomic E-state index is 12.0. The molecule has 2 rings (SSSR count). The number of aromatic nitrogens is 4. The Morgan fingerprint density at radius 3 is 3.00 bits per heavy atom. The monoisotopic (exact) mass is 271 g/mol. The van der Waals surface area contributed by atoms with Crippen molar-refractivity contribution in [3.63, 3.8) is 0 Å². The molecule has 0 aliphatic carbocycles. The lowest BCUT2D eigenvalue weighted by Crippen LogP contribution is -2.26. The van der Waals surface area contributed by atoms with Crippen molar-refractivity contribution in [1.29, 1.82) is 0 Å². The number of ether oxygens (including phenoxy) is 1. The Kier molecular flexibility index (Phi) is 3.84. The second-order valence-corrected chi connectivity index (χ2v) is 5.21. The Balaban J connectivity index is 2.21. The van der Waals surface area contributed by atoms with Crippen LogP contribution in [-0.2, 0) is 14.8 Å². The second kappa shape index (κ2) is 5.38. The first-order valence-electron chi connectivity index (χ1n) is 5.28. The van der Waals surface area contributed by atoms with Crippen LogP contribution >= 0.6 is 0 Å². The van der Waals surface area contributed by atoms with Crippen molar-refractivity contribution in [3.8, 4) is 0 Å². The van der Waals surface area contributed by atoms with Crippen molar-refractivity contribution in [2.24, 2.45) is 0 Å². The number of nitrogens with one attached hydrogen (secondary N) is 2. The van der Waals surface area contributed by atoms with Gasteiger partial charge in [-0.3, -0.25) is 0 Å². The molecule has 98 valence electrons. The van der Waals surface area contributed by atoms with E-state index in [9.17, 15) is 8.42 Å². The Hall–Kier alpha value is -1.58. The minimum Gasteiger partial charge on any atom is -0.385 e. The lowest BCUT2D eigenvalue weighted by molar-refractivity contribution is 0.196. The summed E-state index contributed by atoms with van der Waals surface area (Å²) in [7, 11) is -2.10. The van der Waals surface area contributed by atoms with Crippen LogP contribution < -0.4 is 4.72 Å². The van der Waals surface area contributed by atoms with E-state index in [2.05, 4.69) is 24.7 Å². The number of H-pyrrole nitrogens is 1. The van der Waals surface area contributed by atoms with Gasteiger partial charge in [-0.05, 0) is 6.42 Å². The van der Waals surface area contributed by atoms with Gasteiger partial charge in [0.1, 0.15) is 11.8 Å². The molecule has 0 aromatic carbocycles. The number of aromatic amines is 1. The molecule has 2 aromatic rings. The number of imidazole rings is 1. The van der Waals surface area contributed by atoms with Crippen LogP contribution in [0.3, 0.4) is 0 Å². The normalized spacial score (nSPS) is 12.1. The summed E-state index contributed by atoms with van der Waals surface area (Å²) >= 11 is 0. The Morgan fingerprint density at radius 1 is 1.39 bits per heavy atom. The molecule has 0 atom stereocenters. The molecule has 18 heavy (non-hydrogen) atoms. The van der Waals surface area contributed by atoms with E-state index in [1.54, 1.807) is 7.11 Å². The van der Waals surface area contributed by atoms with Crippen LogP contribution in [0.1, 0.15) is 6.42 Å². The lowest BCUT2D eigenvalue weighted by Gasteiger charge is -2.05. The molecule has 0 radical (unpaired) electrons. The van der Waals surface area contributed by atoms with Crippen LogP contribution in [0, 0.1) is 0 Å². The van der Waals surface area contributed by atoms with Gasteiger partial charge < -0.3 is 9.72 Å². The second-order valence-electron chi connectivity index (χ2n) is 3.52. The quantitative estimate of drug-likeness (QED) is 0.550. The van der Waals surface area contributed by atoms with Gasteiger partial charge in [0.2, 0.25) is 0 Å². The van der Waals surface area contributed by atoms with Gasteiger partial charge in [0.05, 0.1) is 6.33 Å². The SMILES string of the molecule is COCCCNS(=O)(=O)c1ncnc2nc[nH]c12. The molecule has 9 heteroatoms. The van der Waals surface area contributed by atoms with Gasteiger partial charge in [0.25, 0.3) is 10.0 Å². The summed E-state index contributed by atoms with van der Waals surface area (Å²) in [6.45, 7) is 0.779. The summed E-state index contributed by atoms with van der Waals surface area (Å²) in [6, 6.07) is 0. The summed E-state index contributed by atoms with van der Waals surface area (Å²) < 4.78 is 31.3. The Bertz CT molecular complexity index is 624. The number of methoxy groups -OCH3 is 1. The predicted octanol–water partition coefficient (Wildman–Crippen LogP) is -0.332. The van der Waals surface area contributed by atoms with Crippen molar-refractivity contribution in [1.82, 2.24) is 24.7 Å². The van der Waals surface area contributed by atoms with Gasteiger partial charge in [-0.1, -0.05) is 0 Å². The molecule has 8 nitrogen and oxygen atoms in total. The van der Waals surface area contributed by atoms with Crippen molar-refractivity contribution < 1.29 is 13.2 Å². The first kappa shape index (κ1) is 12.9. The van der Waals surface area contributed by atoms with E-state index in [0.29, 0.717) is 24.2 Å². The molecule has 0 fully saturated rings. The summed E-state index contributed by atoms with van der Waals surface area (Å²) in [6.07, 6.45) is 3.14. The highest BCUT2D eigenvalue weighted by Gasteiger charge is 2.20. The van der Waals surface area contributed by atoms with Gasteiger partial charge in [-0.15, -0.1) is 0 Å². The Morgan fingerprint density at radius 2 is 2.22 bits per heavy atom. The topological polar surface area (TPSA) is 110 Å². The molecular weight excluding hydrogens is 258 g/mol. The van der Waals surface area contributed by atoms with Gasteiger partial charge in [0.15, 0.2) is 10.7 Å². The third-order valence-corrected chi connectivity index (χ3v) is 3.66. The molecule has 2 heterocycles. The number of sulfonamides is 1. The smallest absolute Gasteiger partial charge is 0.260 e. The third kappa shape index (κ3) is 2.63. The molecule has 0 spiro atoms. The highest BCUT2D eigenvalue weighted by Crippen LogP contribution is 2.14. The van der Waals surface area contributed by atoms with Crippen molar-refractivity contribution >= 4 is 21.2 Å². The average molecular weight is 271 g/mol. The third-order valence-electron chi connectivity index (χ3n) is 2.26. The highest BCUT2D eigenvalue weighted by molar-refractivity contribution is 7.89. The van der Waals surface area contributed by atoms with Crippen LogP contribution in [0.25, 0.3) is 11.2 Å². The predicted molar refractivity (Wildman–Crippen MR) is 63.4 cm³/mol. The Labute approximate surface area is 104 Å². The fourth-order valence-electron chi connectivity index (χ4n) is 1.44. The summed E-state index contributed by atoms with van der Waals surface area (Å²) in [5, 5.41) is -0.0950. The van der Waals surface area contributed by atoms with E-state index in [4.69, 9.17) is 4.74 Å². The lowest BCUT2D eigenvalue weighted by atomic mass is 10.5. The zero-order valence-corrected chi connectivity index (χ0v) is 10.6. The highest BCUT2D eigenvalue weighted by atomic mass is 32.2. The molecule has 0 amide bonds. The van der Waals surface area contributed by atoms with Crippen LogP contribution in [0.15, 0.2) is 17.7 Å². The van der Waals surface area contributed by atoms with Crippen LogP contribution in [0.4, 0.5) is 0 Å². The summed E-state index contributed by atoms with van der Waals surface area (Å²) in [5.74, 6) is 0. The molecule has 0 aliphatic heterocycles. The fourth-order valence-corrected chi connectivity index (χ4v) is 2.59. The maximum Gasteiger partial charge on any atom is 0.260 e. The minimum absolute atomic E-state index is 0.0950. The summed E-state index contributed by atoms with van der Waals surface area (Å²) in [5.41, 5.74) is 0.624. The zero-order valence-electron chi connectivity index (χ0n) is 9.75. The van der Waals surface area contributed by atoms with Gasteiger partial charge in [-0.25, -0.2) is 28.1 Å². The maximum atomic E-state index is 12.0. The molecular formula is C9H13N5O3S. The number of hydrogen-bond donors (Lipinski definition) is 2. The van der Waals surface area contributed by atoms with Crippen molar-refractivity contribution in [2.75, 3.05) is 20.3 Å². The van der Waals surface area contributed by atoms with E-state index in [-0.39, 0.29) is 11.6 Å². The van der Waals surface area contributed by atoms with E-state index in [1.807, 2.05) is 0 Å². The minimum atomic E-state index is -3.67. The van der Waals surface area contributed by atoms with Gasteiger partial charge in [0, 0.05) is 20.3 Å². The number of fused-ring (bicyclic) bond motifs is 1. The molecule has 2 N–H and O–H groups in total. The van der Waals surface area contributed by atoms with E-state index < -0.39 is 10.0 Å². The van der Waals surface area contributed by atoms with Crippen molar-refractivity contribution in [3.05, 3.63) is 12.7 Å². The molecule has 0 unspecified atom stereocenters. The van der Waals surface area contributed by atoms with E-state index >= 15 is 0 Å². The molecule has 2 aromatic heterocycles. The average Bonchev–Trinajstić information content (AvgIpc) is 2.82. The summed E-state index contributed by atoms with van der Waals surface area (Å²) in [4.78, 5) is 14.2. The van der Waals surface area contributed by atoms with E-state index in [1.165, 1.54) is 12.7 Å². The van der Waals surface area contributed by atoms with Crippen molar-refractivity contribution in [2.45, 2.75) is 11.4 Å². The van der Waals surface area contributed by atoms with Crippen LogP contribution in [-0.4, -0.2) is 48.6 Å². The van der Waals surface area contributed by atoms with Gasteiger partial charge in [-0.2, -0.15) is 0 Å². The molecule has 0 aliphatic rings. The first-order valence-corrected chi connectivity index (χ1v) is 6.76. The standard InChI is InChI=1S/C9H13N5O3S/c1-17-4-2-3-14-18(15,16)9-7-8(11-5-10-7)12-6-13-9/h5-6,14H,2-4H2,1H3,(H,10,11,12,13). The number of nitrogens with zero attached hydrogens (tertiary/aromatic N) is 3. The van der Waals surface area contributed by atoms with E-state index in [0.717, 1.165) is 0 Å². The number of hydrogen-bond acceptors (Lipinski definition) is 6. The van der Waals surface area contributed by atoms with Gasteiger partial charge >= 0.3 is 0 Å². The molecule has 0 saturated heterocycles. The van der Waals surface area contributed by atoms with Crippen LogP contribution in [0.2, 0.25) is 0 Å². The molecule has 0 saturated carbocycles. The van der Waals surface area contributed by atoms with Crippen LogP contribution in [0.5, 0.6) is 0 Å². The largest absolute Gasteiger partial charge is 0.385 e. The molecule has 0 bridgehead atoms. The zero-order chi connectivity index (χ0) is 13.0. The first-order chi connectivity index (χ1) is 8.65. The number of rotatable bonds is 6. The fraction of sp³-hybridized carbons (Fsp3) is 0.444.